The van der Waals surface area contributed by atoms with E-state index in [0.717, 1.165) is 69.7 Å². The first-order valence-electron chi connectivity index (χ1n) is 9.47. The zero-order chi connectivity index (χ0) is 17.8. The van der Waals surface area contributed by atoms with Crippen LogP contribution in [-0.4, -0.2) is 67.0 Å². The van der Waals surface area contributed by atoms with E-state index >= 15 is 0 Å². The van der Waals surface area contributed by atoms with Gasteiger partial charge in [0.25, 0.3) is 11.5 Å². The third-order valence-corrected chi connectivity index (χ3v) is 5.45. The van der Waals surface area contributed by atoms with E-state index in [1.807, 2.05) is 0 Å². The quantitative estimate of drug-likeness (QED) is 0.776. The highest BCUT2D eigenvalue weighted by atomic mass is 16.2. The van der Waals surface area contributed by atoms with Crippen molar-refractivity contribution in [2.24, 2.45) is 5.92 Å². The molecule has 0 spiro atoms. The van der Waals surface area contributed by atoms with Crippen LogP contribution in [0.3, 0.4) is 0 Å². The van der Waals surface area contributed by atoms with Crippen LogP contribution in [0.2, 0.25) is 0 Å². The van der Waals surface area contributed by atoms with Gasteiger partial charge in [-0.3, -0.25) is 9.59 Å². The second-order valence-corrected chi connectivity index (χ2v) is 7.62. The Labute approximate surface area is 149 Å². The predicted octanol–water partition coefficient (Wildman–Crippen LogP) is 0.867. The molecule has 0 saturated carbocycles. The maximum absolute atomic E-state index is 12.4. The molecule has 6 heteroatoms. The number of aryl methyl sites for hydroxylation is 1. The fourth-order valence-corrected chi connectivity index (χ4v) is 3.72. The lowest BCUT2D eigenvalue weighted by molar-refractivity contribution is 0.0947. The SMILES string of the molecule is C[C@@H]1CCc2[nH]c(=O)c(C(=O)NCCCN3CCN(C)CC3)cc2C1. The summed E-state index contributed by atoms with van der Waals surface area (Å²) in [6.45, 7) is 8.21. The normalized spacial score (nSPS) is 21.8. The second-order valence-electron chi connectivity index (χ2n) is 7.62. The first-order valence-corrected chi connectivity index (χ1v) is 9.47. The summed E-state index contributed by atoms with van der Waals surface area (Å²) in [4.78, 5) is 32.3. The number of nitrogens with one attached hydrogen (secondary N) is 2. The highest BCUT2D eigenvalue weighted by molar-refractivity contribution is 5.94. The number of rotatable bonds is 5. The van der Waals surface area contributed by atoms with Gasteiger partial charge >= 0.3 is 0 Å². The molecule has 0 aromatic carbocycles. The number of H-pyrrole nitrogens is 1. The predicted molar refractivity (Wildman–Crippen MR) is 99.1 cm³/mol. The standard InChI is InChI=1S/C19H30N4O2/c1-14-4-5-17-15(12-14)13-16(19(25)21-17)18(24)20-6-3-7-23-10-8-22(2)9-11-23/h13-14H,3-12H2,1-2H3,(H,20,24)(H,21,25)/t14-/m1/s1. The van der Waals surface area contributed by atoms with Crippen LogP contribution in [0.4, 0.5) is 0 Å². The molecule has 1 aliphatic heterocycles. The minimum atomic E-state index is -0.259. The average molecular weight is 346 g/mol. The van der Waals surface area contributed by atoms with E-state index in [0.29, 0.717) is 12.5 Å². The molecular weight excluding hydrogens is 316 g/mol. The van der Waals surface area contributed by atoms with Crippen molar-refractivity contribution >= 4 is 5.91 Å². The lowest BCUT2D eigenvalue weighted by Gasteiger charge is -2.32. The van der Waals surface area contributed by atoms with Crippen LogP contribution in [-0.2, 0) is 12.8 Å². The van der Waals surface area contributed by atoms with Gasteiger partial charge in [-0.25, -0.2) is 0 Å². The van der Waals surface area contributed by atoms with E-state index in [1.54, 1.807) is 6.07 Å². The van der Waals surface area contributed by atoms with Gasteiger partial charge in [-0.1, -0.05) is 6.92 Å². The Morgan fingerprint density at radius 2 is 2.08 bits per heavy atom. The highest BCUT2D eigenvalue weighted by Gasteiger charge is 2.20. The summed E-state index contributed by atoms with van der Waals surface area (Å²) in [6.07, 6.45) is 3.85. The van der Waals surface area contributed by atoms with E-state index in [2.05, 4.69) is 34.1 Å². The molecule has 1 aromatic rings. The van der Waals surface area contributed by atoms with Crippen molar-refractivity contribution in [3.8, 4) is 0 Å². The summed E-state index contributed by atoms with van der Waals surface area (Å²) in [7, 11) is 2.15. The molecule has 1 fully saturated rings. The molecule has 0 unspecified atom stereocenters. The fourth-order valence-electron chi connectivity index (χ4n) is 3.72. The molecule has 0 radical (unpaired) electrons. The molecule has 138 valence electrons. The van der Waals surface area contributed by atoms with Gasteiger partial charge in [-0.05, 0) is 56.8 Å². The molecule has 1 saturated heterocycles. The van der Waals surface area contributed by atoms with Crippen molar-refractivity contribution in [1.82, 2.24) is 20.1 Å². The maximum atomic E-state index is 12.4. The lowest BCUT2D eigenvalue weighted by Crippen LogP contribution is -2.45. The topological polar surface area (TPSA) is 68.4 Å². The summed E-state index contributed by atoms with van der Waals surface area (Å²) >= 11 is 0. The number of hydrogen-bond donors (Lipinski definition) is 2. The van der Waals surface area contributed by atoms with Crippen molar-refractivity contribution in [3.05, 3.63) is 33.2 Å². The fraction of sp³-hybridized carbons (Fsp3) is 0.684. The van der Waals surface area contributed by atoms with Gasteiger partial charge in [-0.15, -0.1) is 0 Å². The van der Waals surface area contributed by atoms with Gasteiger partial charge in [-0.2, -0.15) is 0 Å². The van der Waals surface area contributed by atoms with Crippen LogP contribution in [0, 0.1) is 5.92 Å². The lowest BCUT2D eigenvalue weighted by atomic mass is 9.87. The van der Waals surface area contributed by atoms with E-state index in [9.17, 15) is 9.59 Å². The molecule has 2 N–H and O–H groups in total. The molecule has 3 rings (SSSR count). The molecule has 6 nitrogen and oxygen atoms in total. The maximum Gasteiger partial charge on any atom is 0.261 e. The Morgan fingerprint density at radius 1 is 1.32 bits per heavy atom. The summed E-state index contributed by atoms with van der Waals surface area (Å²) < 4.78 is 0. The van der Waals surface area contributed by atoms with Crippen LogP contribution in [0.5, 0.6) is 0 Å². The Kier molecular flexibility index (Phi) is 5.91. The zero-order valence-electron chi connectivity index (χ0n) is 15.4. The molecule has 1 aliphatic carbocycles. The number of carbonyl (C=O) groups excluding carboxylic acids is 1. The third kappa shape index (κ3) is 4.70. The molecule has 1 aromatic heterocycles. The summed E-state index contributed by atoms with van der Waals surface area (Å²) in [5.74, 6) is 0.360. The first-order chi connectivity index (χ1) is 12.0. The van der Waals surface area contributed by atoms with Crippen LogP contribution in [0.15, 0.2) is 10.9 Å². The Hall–Kier alpha value is -1.66. The first kappa shape index (κ1) is 18.1. The third-order valence-electron chi connectivity index (χ3n) is 5.45. The number of amides is 1. The Balaban J connectivity index is 1.50. The van der Waals surface area contributed by atoms with Gasteiger partial charge in [0.2, 0.25) is 0 Å². The number of pyridine rings is 1. The Morgan fingerprint density at radius 3 is 2.84 bits per heavy atom. The molecular formula is C19H30N4O2. The highest BCUT2D eigenvalue weighted by Crippen LogP contribution is 2.23. The molecule has 1 atom stereocenters. The molecule has 25 heavy (non-hydrogen) atoms. The van der Waals surface area contributed by atoms with Gasteiger partial charge in [0.15, 0.2) is 0 Å². The zero-order valence-corrected chi connectivity index (χ0v) is 15.4. The Bertz CT molecular complexity index is 662. The molecule has 2 heterocycles. The minimum absolute atomic E-state index is 0.249. The number of likely N-dealkylation sites (N-methyl/N-ethyl adjacent to an activating group) is 1. The van der Waals surface area contributed by atoms with Crippen LogP contribution < -0.4 is 10.9 Å². The number of carbonyl (C=O) groups is 1. The minimum Gasteiger partial charge on any atom is -0.352 e. The van der Waals surface area contributed by atoms with E-state index in [4.69, 9.17) is 0 Å². The average Bonchev–Trinajstić information content (AvgIpc) is 2.60. The number of fused-ring (bicyclic) bond motifs is 1. The number of hydrogen-bond acceptors (Lipinski definition) is 4. The van der Waals surface area contributed by atoms with Gasteiger partial charge in [0.05, 0.1) is 0 Å². The van der Waals surface area contributed by atoms with Crippen LogP contribution in [0.25, 0.3) is 0 Å². The van der Waals surface area contributed by atoms with Crippen molar-refractivity contribution in [1.29, 1.82) is 0 Å². The van der Waals surface area contributed by atoms with Crippen molar-refractivity contribution in [3.63, 3.8) is 0 Å². The van der Waals surface area contributed by atoms with E-state index in [-0.39, 0.29) is 17.0 Å². The van der Waals surface area contributed by atoms with Crippen molar-refractivity contribution in [2.75, 3.05) is 46.3 Å². The largest absolute Gasteiger partial charge is 0.352 e. The molecule has 1 amide bonds. The number of aromatic amines is 1. The van der Waals surface area contributed by atoms with E-state index < -0.39 is 0 Å². The number of aromatic nitrogens is 1. The van der Waals surface area contributed by atoms with Gasteiger partial charge in [0.1, 0.15) is 5.56 Å². The van der Waals surface area contributed by atoms with E-state index in [1.165, 1.54) is 0 Å². The second kappa shape index (κ2) is 8.15. The van der Waals surface area contributed by atoms with Crippen molar-refractivity contribution in [2.45, 2.75) is 32.6 Å². The van der Waals surface area contributed by atoms with Crippen LogP contribution in [0.1, 0.15) is 41.4 Å². The monoisotopic (exact) mass is 346 g/mol. The smallest absolute Gasteiger partial charge is 0.261 e. The number of nitrogens with zero attached hydrogens (tertiary/aromatic N) is 2. The molecule has 0 bridgehead atoms. The number of piperazine rings is 1. The van der Waals surface area contributed by atoms with Crippen LogP contribution >= 0.6 is 0 Å². The van der Waals surface area contributed by atoms with Crippen molar-refractivity contribution < 1.29 is 4.79 Å². The summed E-state index contributed by atoms with van der Waals surface area (Å²) in [5.41, 5.74) is 2.13. The molecule has 2 aliphatic rings. The summed E-state index contributed by atoms with van der Waals surface area (Å²) in [6, 6.07) is 1.81. The van der Waals surface area contributed by atoms with Gasteiger partial charge in [0, 0.05) is 38.4 Å². The van der Waals surface area contributed by atoms with Gasteiger partial charge < -0.3 is 20.1 Å². The summed E-state index contributed by atoms with van der Waals surface area (Å²) in [5, 5.41) is 2.91.